The van der Waals surface area contributed by atoms with Crippen LogP contribution in [0.3, 0.4) is 0 Å². The lowest BCUT2D eigenvalue weighted by Gasteiger charge is -2.38. The number of aromatic nitrogens is 3. The van der Waals surface area contributed by atoms with E-state index in [0.717, 1.165) is 49.2 Å². The van der Waals surface area contributed by atoms with Gasteiger partial charge in [-0.05, 0) is 31.9 Å². The molecule has 7 nitrogen and oxygen atoms in total. The van der Waals surface area contributed by atoms with Crippen LogP contribution in [0.2, 0.25) is 0 Å². The van der Waals surface area contributed by atoms with Crippen molar-refractivity contribution < 1.29 is 4.74 Å². The van der Waals surface area contributed by atoms with Gasteiger partial charge in [0.25, 0.3) is 0 Å². The fourth-order valence-electron chi connectivity index (χ4n) is 3.27. The van der Waals surface area contributed by atoms with Gasteiger partial charge in [-0.2, -0.15) is 11.8 Å². The second kappa shape index (κ2) is 8.23. The number of thioether (sulfide) groups is 1. The van der Waals surface area contributed by atoms with E-state index in [1.54, 1.807) is 0 Å². The standard InChI is InChI=1S/C17H28N6OS/c1-4-7-18-16(19-11-15-22-21-13(2)23(15)3)20-14-5-8-24-17(10-14)6-9-25-12-17/h4,14H,1,5-12H2,2-3H3,(H2,18,19,20). The van der Waals surface area contributed by atoms with E-state index in [9.17, 15) is 0 Å². The van der Waals surface area contributed by atoms with E-state index in [1.807, 2.05) is 36.4 Å². The van der Waals surface area contributed by atoms with Gasteiger partial charge >= 0.3 is 0 Å². The summed E-state index contributed by atoms with van der Waals surface area (Å²) in [6, 6.07) is 0.379. The van der Waals surface area contributed by atoms with Crippen molar-refractivity contribution in [3.05, 3.63) is 24.3 Å². The summed E-state index contributed by atoms with van der Waals surface area (Å²) in [7, 11) is 1.96. The van der Waals surface area contributed by atoms with Crippen molar-refractivity contribution in [3.8, 4) is 0 Å². The average molecular weight is 365 g/mol. The van der Waals surface area contributed by atoms with Crippen LogP contribution in [0.25, 0.3) is 0 Å². The van der Waals surface area contributed by atoms with Gasteiger partial charge in [0, 0.05) is 32.0 Å². The van der Waals surface area contributed by atoms with Crippen LogP contribution in [0, 0.1) is 6.92 Å². The molecule has 2 fully saturated rings. The predicted octanol–water partition coefficient (Wildman–Crippen LogP) is 1.40. The van der Waals surface area contributed by atoms with Crippen LogP contribution in [-0.2, 0) is 18.3 Å². The number of nitrogens with zero attached hydrogens (tertiary/aromatic N) is 4. The van der Waals surface area contributed by atoms with Crippen molar-refractivity contribution in [1.29, 1.82) is 0 Å². The molecule has 2 N–H and O–H groups in total. The first-order valence-electron chi connectivity index (χ1n) is 8.84. The first-order chi connectivity index (χ1) is 12.1. The molecule has 1 aromatic rings. The zero-order chi connectivity index (χ0) is 17.7. The highest BCUT2D eigenvalue weighted by Gasteiger charge is 2.40. The van der Waals surface area contributed by atoms with Crippen LogP contribution in [0.4, 0.5) is 0 Å². The lowest BCUT2D eigenvalue weighted by atomic mass is 9.90. The molecule has 2 saturated heterocycles. The number of hydrogen-bond acceptors (Lipinski definition) is 5. The zero-order valence-corrected chi connectivity index (χ0v) is 15.9. The Bertz CT molecular complexity index is 623. The monoisotopic (exact) mass is 364 g/mol. The summed E-state index contributed by atoms with van der Waals surface area (Å²) in [4.78, 5) is 4.69. The summed E-state index contributed by atoms with van der Waals surface area (Å²) < 4.78 is 8.07. The molecule has 2 aliphatic heterocycles. The lowest BCUT2D eigenvalue weighted by molar-refractivity contribution is -0.0679. The molecule has 8 heteroatoms. The fourth-order valence-corrected chi connectivity index (χ4v) is 4.65. The Morgan fingerprint density at radius 1 is 1.56 bits per heavy atom. The molecule has 0 radical (unpaired) electrons. The van der Waals surface area contributed by atoms with E-state index in [0.29, 0.717) is 19.1 Å². The van der Waals surface area contributed by atoms with Crippen LogP contribution >= 0.6 is 11.8 Å². The molecule has 2 aliphatic rings. The third kappa shape index (κ3) is 4.55. The highest BCUT2D eigenvalue weighted by molar-refractivity contribution is 7.99. The molecule has 25 heavy (non-hydrogen) atoms. The molecule has 3 rings (SSSR count). The third-order valence-corrected chi connectivity index (χ3v) is 6.10. The Balaban J connectivity index is 1.64. The molecule has 0 aliphatic carbocycles. The highest BCUT2D eigenvalue weighted by atomic mass is 32.2. The largest absolute Gasteiger partial charge is 0.374 e. The number of hydrogen-bond donors (Lipinski definition) is 2. The van der Waals surface area contributed by atoms with E-state index >= 15 is 0 Å². The molecule has 0 saturated carbocycles. The Morgan fingerprint density at radius 2 is 2.44 bits per heavy atom. The van der Waals surface area contributed by atoms with Crippen molar-refractivity contribution in [2.45, 2.75) is 44.4 Å². The number of aryl methyl sites for hydroxylation is 1. The number of rotatable bonds is 5. The SMILES string of the molecule is C=CCNC(=NCc1nnc(C)n1C)NC1CCOC2(CCSC2)C1. The van der Waals surface area contributed by atoms with Gasteiger partial charge in [0.15, 0.2) is 11.8 Å². The van der Waals surface area contributed by atoms with E-state index < -0.39 is 0 Å². The first kappa shape index (κ1) is 18.3. The van der Waals surface area contributed by atoms with Crippen molar-refractivity contribution in [1.82, 2.24) is 25.4 Å². The maximum absolute atomic E-state index is 6.11. The van der Waals surface area contributed by atoms with Gasteiger partial charge in [0.1, 0.15) is 12.4 Å². The molecule has 2 unspecified atom stereocenters. The summed E-state index contributed by atoms with van der Waals surface area (Å²) in [5.74, 6) is 4.86. The maximum atomic E-state index is 6.11. The van der Waals surface area contributed by atoms with Crippen LogP contribution in [0.15, 0.2) is 17.6 Å². The second-order valence-electron chi connectivity index (χ2n) is 6.72. The quantitative estimate of drug-likeness (QED) is 0.467. The maximum Gasteiger partial charge on any atom is 0.192 e. The van der Waals surface area contributed by atoms with Gasteiger partial charge in [-0.25, -0.2) is 4.99 Å². The van der Waals surface area contributed by atoms with E-state index in [-0.39, 0.29) is 5.60 Å². The van der Waals surface area contributed by atoms with Gasteiger partial charge in [-0.15, -0.1) is 16.8 Å². The smallest absolute Gasteiger partial charge is 0.192 e. The Labute approximate surface area is 153 Å². The summed E-state index contributed by atoms with van der Waals surface area (Å²) in [5, 5.41) is 15.2. The molecule has 1 aromatic heterocycles. The number of nitrogens with one attached hydrogen (secondary N) is 2. The molecule has 0 amide bonds. The summed E-state index contributed by atoms with van der Waals surface area (Å²) in [6.45, 7) is 7.70. The van der Waals surface area contributed by atoms with Gasteiger partial charge in [0.05, 0.1) is 5.60 Å². The van der Waals surface area contributed by atoms with Crippen molar-refractivity contribution in [2.24, 2.45) is 12.0 Å². The van der Waals surface area contributed by atoms with Crippen LogP contribution in [0.1, 0.15) is 30.9 Å². The van der Waals surface area contributed by atoms with Crippen LogP contribution in [0.5, 0.6) is 0 Å². The van der Waals surface area contributed by atoms with Gasteiger partial charge in [-0.3, -0.25) is 0 Å². The molecule has 2 atom stereocenters. The van der Waals surface area contributed by atoms with Crippen LogP contribution in [-0.4, -0.2) is 57.0 Å². The molecule has 3 heterocycles. The molecule has 0 aromatic carbocycles. The molecule has 138 valence electrons. The Hall–Kier alpha value is -1.54. The molecule has 1 spiro atoms. The number of aliphatic imine (C=N–C) groups is 1. The predicted molar refractivity (Wildman–Crippen MR) is 102 cm³/mol. The van der Waals surface area contributed by atoms with E-state index in [4.69, 9.17) is 9.73 Å². The minimum Gasteiger partial charge on any atom is -0.374 e. The summed E-state index contributed by atoms with van der Waals surface area (Å²) in [5.41, 5.74) is 0.0604. The number of guanidine groups is 1. The van der Waals surface area contributed by atoms with Crippen molar-refractivity contribution >= 4 is 17.7 Å². The van der Waals surface area contributed by atoms with Gasteiger partial charge < -0.3 is 19.9 Å². The Kier molecular flexibility index (Phi) is 6.01. The summed E-state index contributed by atoms with van der Waals surface area (Å²) >= 11 is 2.00. The highest BCUT2D eigenvalue weighted by Crippen LogP contribution is 2.38. The topological polar surface area (TPSA) is 76.4 Å². The Morgan fingerprint density at radius 3 is 3.12 bits per heavy atom. The normalized spacial score (nSPS) is 26.8. The van der Waals surface area contributed by atoms with E-state index in [2.05, 4.69) is 27.4 Å². The van der Waals surface area contributed by atoms with E-state index in [1.165, 1.54) is 5.75 Å². The second-order valence-corrected chi connectivity index (χ2v) is 7.83. The van der Waals surface area contributed by atoms with Crippen molar-refractivity contribution in [2.75, 3.05) is 24.7 Å². The molecular weight excluding hydrogens is 336 g/mol. The van der Waals surface area contributed by atoms with Gasteiger partial charge in [-0.1, -0.05) is 6.08 Å². The third-order valence-electron chi connectivity index (χ3n) is 4.88. The lowest BCUT2D eigenvalue weighted by Crippen LogP contribution is -2.51. The number of ether oxygens (including phenoxy) is 1. The summed E-state index contributed by atoms with van der Waals surface area (Å²) in [6.07, 6.45) is 5.03. The van der Waals surface area contributed by atoms with Crippen LogP contribution < -0.4 is 10.6 Å². The molecular formula is C17H28N6OS. The minimum atomic E-state index is 0.0604. The van der Waals surface area contributed by atoms with Gasteiger partial charge in [0.2, 0.25) is 0 Å². The first-order valence-corrected chi connectivity index (χ1v) is 10.00. The molecule has 0 bridgehead atoms. The average Bonchev–Trinajstić information content (AvgIpc) is 3.18. The minimum absolute atomic E-state index is 0.0604. The fraction of sp³-hybridized carbons (Fsp3) is 0.706. The van der Waals surface area contributed by atoms with Crippen molar-refractivity contribution in [3.63, 3.8) is 0 Å². The zero-order valence-electron chi connectivity index (χ0n) is 15.1.